The van der Waals surface area contributed by atoms with Crippen LogP contribution in [0.5, 0.6) is 0 Å². The number of ether oxygens (including phenoxy) is 5. The molecule has 0 bridgehead atoms. The molecule has 1 aliphatic heterocycles. The summed E-state index contributed by atoms with van der Waals surface area (Å²) in [6.45, 7) is 9.38. The Morgan fingerprint density at radius 2 is 1.55 bits per heavy atom. The maximum Gasteiger partial charge on any atom is 0.348 e. The zero-order chi connectivity index (χ0) is 29.2. The molecule has 1 aliphatic rings. The van der Waals surface area contributed by atoms with E-state index in [0.717, 1.165) is 39.6 Å². The first kappa shape index (κ1) is 33.1. The molecule has 1 fully saturated rings. The van der Waals surface area contributed by atoms with Gasteiger partial charge < -0.3 is 34.1 Å². The third kappa shape index (κ3) is 9.76. The largest absolute Gasteiger partial charge is 0.478 e. The second kappa shape index (κ2) is 14.9. The van der Waals surface area contributed by atoms with Crippen molar-refractivity contribution in [2.75, 3.05) is 19.7 Å². The first-order chi connectivity index (χ1) is 17.6. The SMILES string of the molecule is CCN(CC)S[C@]1(C(=O)O)C[C@H](OC(C)=O)[C@@H](NC(C)=O)[C@H]([C@H](OC(C)=O)[C@@H](COC(C)=O)OC(C)=O)O1. The van der Waals surface area contributed by atoms with Gasteiger partial charge in [-0.1, -0.05) is 13.8 Å². The average molecular weight is 565 g/mol. The molecule has 1 rings (SSSR count). The average Bonchev–Trinajstić information content (AvgIpc) is 2.79. The third-order valence-electron chi connectivity index (χ3n) is 5.31. The summed E-state index contributed by atoms with van der Waals surface area (Å²) in [5, 5.41) is 12.9. The lowest BCUT2D eigenvalue weighted by molar-refractivity contribution is -0.223. The van der Waals surface area contributed by atoms with Gasteiger partial charge in [-0.15, -0.1) is 0 Å². The van der Waals surface area contributed by atoms with Crippen molar-refractivity contribution >= 4 is 47.7 Å². The van der Waals surface area contributed by atoms with Crippen LogP contribution < -0.4 is 5.32 Å². The van der Waals surface area contributed by atoms with Gasteiger partial charge in [0.1, 0.15) is 18.8 Å². The van der Waals surface area contributed by atoms with Gasteiger partial charge in [-0.25, -0.2) is 9.10 Å². The van der Waals surface area contributed by atoms with Crippen molar-refractivity contribution in [1.82, 2.24) is 9.62 Å². The van der Waals surface area contributed by atoms with Crippen LogP contribution >= 0.6 is 11.9 Å². The summed E-state index contributed by atoms with van der Waals surface area (Å²) in [6.07, 6.45) is -6.26. The molecule has 14 nitrogen and oxygen atoms in total. The van der Waals surface area contributed by atoms with E-state index in [2.05, 4.69) is 5.32 Å². The number of aliphatic carboxylic acids is 1. The van der Waals surface area contributed by atoms with Gasteiger partial charge in [0.25, 0.3) is 0 Å². The van der Waals surface area contributed by atoms with Gasteiger partial charge in [0.05, 0.1) is 6.04 Å². The Labute approximate surface area is 225 Å². The Kier molecular flexibility index (Phi) is 13.0. The van der Waals surface area contributed by atoms with E-state index in [4.69, 9.17) is 23.7 Å². The van der Waals surface area contributed by atoms with Gasteiger partial charge in [0.2, 0.25) is 10.8 Å². The lowest BCUT2D eigenvalue weighted by Gasteiger charge is -2.49. The number of rotatable bonds is 13. The fourth-order valence-corrected chi connectivity index (χ4v) is 5.05. The predicted octanol–water partition coefficient (Wildman–Crippen LogP) is 0.409. The van der Waals surface area contributed by atoms with Gasteiger partial charge in [-0.2, -0.15) is 0 Å². The molecule has 0 aliphatic carbocycles. The molecule has 0 aromatic heterocycles. The van der Waals surface area contributed by atoms with Gasteiger partial charge in [0, 0.05) is 54.1 Å². The van der Waals surface area contributed by atoms with Gasteiger partial charge in [-0.05, 0) is 11.9 Å². The van der Waals surface area contributed by atoms with Gasteiger partial charge >= 0.3 is 29.8 Å². The molecule has 0 saturated carbocycles. The highest BCUT2D eigenvalue weighted by Gasteiger charge is 2.59. The van der Waals surface area contributed by atoms with E-state index in [1.807, 2.05) is 0 Å². The molecular weight excluding hydrogens is 528 g/mol. The van der Waals surface area contributed by atoms with Crippen LogP contribution in [0.25, 0.3) is 0 Å². The second-order valence-corrected chi connectivity index (χ2v) is 9.81. The van der Waals surface area contributed by atoms with Crippen LogP contribution in [0.15, 0.2) is 0 Å². The topological polar surface area (TPSA) is 184 Å². The molecule has 1 heterocycles. The molecule has 0 spiro atoms. The first-order valence-corrected chi connectivity index (χ1v) is 12.7. The molecule has 0 unspecified atom stereocenters. The fourth-order valence-electron chi connectivity index (χ4n) is 3.91. The molecule has 38 heavy (non-hydrogen) atoms. The number of hydrogen-bond acceptors (Lipinski definition) is 13. The lowest BCUT2D eigenvalue weighted by Crippen LogP contribution is -2.68. The first-order valence-electron chi connectivity index (χ1n) is 11.9. The summed E-state index contributed by atoms with van der Waals surface area (Å²) < 4.78 is 29.0. The normalized spacial score (nSPS) is 24.5. The molecule has 1 amide bonds. The fraction of sp³-hybridized carbons (Fsp3) is 0.739. The van der Waals surface area contributed by atoms with Crippen LogP contribution in [0.4, 0.5) is 0 Å². The molecule has 216 valence electrons. The van der Waals surface area contributed by atoms with E-state index < -0.39 is 77.8 Å². The maximum atomic E-state index is 12.7. The van der Waals surface area contributed by atoms with Crippen molar-refractivity contribution in [3.8, 4) is 0 Å². The Morgan fingerprint density at radius 3 is 1.97 bits per heavy atom. The van der Waals surface area contributed by atoms with Crippen LogP contribution in [0.1, 0.15) is 54.9 Å². The second-order valence-electron chi connectivity index (χ2n) is 8.45. The van der Waals surface area contributed by atoms with Gasteiger partial charge in [-0.3, -0.25) is 24.0 Å². The van der Waals surface area contributed by atoms with Crippen molar-refractivity contribution in [3.05, 3.63) is 0 Å². The molecule has 0 radical (unpaired) electrons. The van der Waals surface area contributed by atoms with Crippen molar-refractivity contribution in [1.29, 1.82) is 0 Å². The number of carbonyl (C=O) groups is 6. The minimum atomic E-state index is -2.08. The minimum absolute atomic E-state index is 0.389. The van der Waals surface area contributed by atoms with Crippen molar-refractivity contribution in [3.63, 3.8) is 0 Å². The van der Waals surface area contributed by atoms with E-state index in [9.17, 15) is 33.9 Å². The number of carboxylic acid groups (broad SMARTS) is 1. The standard InChI is InChI=1S/C23H36N2O12S/c1-8-25(9-2)38-23(22(31)32)10-17(34-14(5)28)19(24-12(3)26)21(37-23)20(36-16(7)30)18(35-15(6)29)11-33-13(4)27/h17-21H,8-11H2,1-7H3,(H,24,26)(H,31,32)/t17-,18+,19+,20+,21+,23-/m0/s1. The van der Waals surface area contributed by atoms with Crippen LogP contribution in [-0.4, -0.2) is 100 Å². The zero-order valence-corrected chi connectivity index (χ0v) is 23.3. The molecule has 0 aromatic carbocycles. The van der Waals surface area contributed by atoms with Crippen molar-refractivity contribution in [2.24, 2.45) is 0 Å². The number of nitrogens with zero attached hydrogens (tertiary/aromatic N) is 1. The Morgan fingerprint density at radius 1 is 0.974 bits per heavy atom. The number of esters is 4. The van der Waals surface area contributed by atoms with E-state index in [-0.39, 0.29) is 6.42 Å². The zero-order valence-electron chi connectivity index (χ0n) is 22.5. The Hall–Kier alpha value is -2.91. The smallest absolute Gasteiger partial charge is 0.348 e. The van der Waals surface area contributed by atoms with E-state index >= 15 is 0 Å². The van der Waals surface area contributed by atoms with Crippen LogP contribution in [0, 0.1) is 0 Å². The Balaban J connectivity index is 3.81. The maximum absolute atomic E-state index is 12.7. The van der Waals surface area contributed by atoms with E-state index in [1.54, 1.807) is 18.2 Å². The number of amides is 1. The Bertz CT molecular complexity index is 896. The highest BCUT2D eigenvalue weighted by Crippen LogP contribution is 2.43. The number of carbonyl (C=O) groups excluding carboxylic acids is 5. The summed E-state index contributed by atoms with van der Waals surface area (Å²) in [5.41, 5.74) is 0. The van der Waals surface area contributed by atoms with Crippen molar-refractivity contribution in [2.45, 2.75) is 90.3 Å². The predicted molar refractivity (Wildman–Crippen MR) is 131 cm³/mol. The molecule has 1 saturated heterocycles. The number of nitrogens with one attached hydrogen (secondary N) is 1. The quantitative estimate of drug-likeness (QED) is 0.178. The van der Waals surface area contributed by atoms with Crippen LogP contribution in [0.3, 0.4) is 0 Å². The van der Waals surface area contributed by atoms with E-state index in [1.165, 1.54) is 6.92 Å². The molecule has 0 aromatic rings. The number of hydrogen-bond donors (Lipinski definition) is 2. The summed E-state index contributed by atoms with van der Waals surface area (Å²) in [5.74, 6) is -5.22. The van der Waals surface area contributed by atoms with Gasteiger partial charge in [0.15, 0.2) is 12.2 Å². The monoisotopic (exact) mass is 564 g/mol. The molecular formula is C23H36N2O12S. The van der Waals surface area contributed by atoms with E-state index in [0.29, 0.717) is 13.1 Å². The number of carboxylic acids is 1. The van der Waals surface area contributed by atoms with Crippen molar-refractivity contribution < 1.29 is 57.6 Å². The molecule has 2 N–H and O–H groups in total. The minimum Gasteiger partial charge on any atom is -0.478 e. The summed E-state index contributed by atoms with van der Waals surface area (Å²) in [6, 6.07) is -1.25. The summed E-state index contributed by atoms with van der Waals surface area (Å²) in [7, 11) is 0. The van der Waals surface area contributed by atoms with Crippen LogP contribution in [-0.2, 0) is 52.5 Å². The lowest BCUT2D eigenvalue weighted by atomic mass is 9.89. The third-order valence-corrected chi connectivity index (χ3v) is 6.81. The summed E-state index contributed by atoms with van der Waals surface area (Å²) in [4.78, 5) is 70.4. The molecule has 15 heteroatoms. The highest BCUT2D eigenvalue weighted by molar-refractivity contribution is 7.99. The molecule has 6 atom stereocenters. The highest BCUT2D eigenvalue weighted by atomic mass is 32.2. The van der Waals surface area contributed by atoms with Crippen LogP contribution in [0.2, 0.25) is 0 Å². The summed E-state index contributed by atoms with van der Waals surface area (Å²) >= 11 is 0.831.